The average molecular weight is 264 g/mol. The van der Waals surface area contributed by atoms with Crippen molar-refractivity contribution in [1.29, 1.82) is 0 Å². The highest BCUT2D eigenvalue weighted by molar-refractivity contribution is 5.76. The normalized spacial score (nSPS) is 12.8. The van der Waals surface area contributed by atoms with Crippen molar-refractivity contribution < 1.29 is 9.53 Å². The van der Waals surface area contributed by atoms with E-state index in [-0.39, 0.29) is 17.4 Å². The lowest BCUT2D eigenvalue weighted by Gasteiger charge is -2.28. The number of carbonyl (C=O) groups is 1. The molecule has 0 spiro atoms. The van der Waals surface area contributed by atoms with Crippen LogP contribution in [0.3, 0.4) is 0 Å². The summed E-state index contributed by atoms with van der Waals surface area (Å²) in [6.45, 7) is 8.63. The molecule has 0 aromatic heterocycles. The van der Waals surface area contributed by atoms with Crippen LogP contribution in [0.4, 0.5) is 5.69 Å². The van der Waals surface area contributed by atoms with Crippen molar-refractivity contribution in [3.8, 4) is 5.75 Å². The van der Waals surface area contributed by atoms with Crippen LogP contribution in [0, 0.1) is 5.41 Å². The molecule has 1 aromatic carbocycles. The second kappa shape index (κ2) is 6.45. The number of rotatable bonds is 5. The van der Waals surface area contributed by atoms with Gasteiger partial charge in [-0.05, 0) is 24.5 Å². The molecular weight excluding hydrogens is 240 g/mol. The van der Waals surface area contributed by atoms with Crippen molar-refractivity contribution in [2.75, 3.05) is 12.3 Å². The fraction of sp³-hybridized carbons (Fsp3) is 0.533. The van der Waals surface area contributed by atoms with Crippen LogP contribution in [0.25, 0.3) is 0 Å². The van der Waals surface area contributed by atoms with E-state index >= 15 is 0 Å². The molecule has 1 rings (SSSR count). The maximum atomic E-state index is 11.8. The average Bonchev–Trinajstić information content (AvgIpc) is 2.30. The highest BCUT2D eigenvalue weighted by Gasteiger charge is 2.21. The van der Waals surface area contributed by atoms with E-state index in [0.29, 0.717) is 24.5 Å². The maximum absolute atomic E-state index is 11.8. The third-order valence-electron chi connectivity index (χ3n) is 3.18. The number of carbonyl (C=O) groups excluding carboxylic acids is 1. The Morgan fingerprint density at radius 1 is 1.37 bits per heavy atom. The molecule has 0 saturated heterocycles. The molecule has 0 radical (unpaired) electrons. The Bertz CT molecular complexity index is 424. The van der Waals surface area contributed by atoms with E-state index in [0.717, 1.165) is 0 Å². The zero-order chi connectivity index (χ0) is 14.5. The number of benzene rings is 1. The minimum atomic E-state index is -0.00284. The summed E-state index contributed by atoms with van der Waals surface area (Å²) in [5, 5.41) is 2.97. The lowest BCUT2D eigenvalue weighted by Crippen LogP contribution is -2.41. The summed E-state index contributed by atoms with van der Waals surface area (Å²) < 4.78 is 5.49. The van der Waals surface area contributed by atoms with Crippen molar-refractivity contribution in [3.05, 3.63) is 24.3 Å². The molecule has 19 heavy (non-hydrogen) atoms. The highest BCUT2D eigenvalue weighted by atomic mass is 16.5. The van der Waals surface area contributed by atoms with Crippen LogP contribution < -0.4 is 15.8 Å². The number of anilines is 1. The van der Waals surface area contributed by atoms with E-state index in [9.17, 15) is 4.79 Å². The van der Waals surface area contributed by atoms with E-state index in [2.05, 4.69) is 26.1 Å². The van der Waals surface area contributed by atoms with Gasteiger partial charge in [0, 0.05) is 6.04 Å². The molecule has 0 heterocycles. The lowest BCUT2D eigenvalue weighted by atomic mass is 9.88. The Morgan fingerprint density at radius 2 is 2.00 bits per heavy atom. The quantitative estimate of drug-likeness (QED) is 0.803. The van der Waals surface area contributed by atoms with E-state index < -0.39 is 0 Å². The summed E-state index contributed by atoms with van der Waals surface area (Å²) in [5.74, 6) is 0.621. The first kappa shape index (κ1) is 15.3. The topological polar surface area (TPSA) is 64.3 Å². The molecule has 0 aliphatic heterocycles. The fourth-order valence-electron chi connectivity index (χ4n) is 1.40. The second-order valence-electron chi connectivity index (χ2n) is 5.79. The van der Waals surface area contributed by atoms with Crippen molar-refractivity contribution >= 4 is 11.6 Å². The van der Waals surface area contributed by atoms with Crippen LogP contribution >= 0.6 is 0 Å². The molecule has 0 saturated carbocycles. The number of hydrogen-bond donors (Lipinski definition) is 2. The number of nitrogens with one attached hydrogen (secondary N) is 1. The molecule has 0 aliphatic rings. The van der Waals surface area contributed by atoms with E-state index in [4.69, 9.17) is 10.5 Å². The minimum absolute atomic E-state index is 0.00284. The lowest BCUT2D eigenvalue weighted by molar-refractivity contribution is -0.122. The van der Waals surface area contributed by atoms with Crippen LogP contribution in [-0.2, 0) is 4.79 Å². The summed E-state index contributed by atoms with van der Waals surface area (Å²) in [4.78, 5) is 11.8. The second-order valence-corrected chi connectivity index (χ2v) is 5.79. The summed E-state index contributed by atoms with van der Waals surface area (Å²) in [6.07, 6.45) is 0.328. The molecule has 0 aliphatic carbocycles. The van der Waals surface area contributed by atoms with Gasteiger partial charge in [-0.15, -0.1) is 0 Å². The third kappa shape index (κ3) is 5.20. The standard InChI is InChI=1S/C15H24N2O2/c1-11(15(2,3)4)17-14(18)9-10-19-13-8-6-5-7-12(13)16/h5-8,11H,9-10,16H2,1-4H3,(H,17,18). The number of amides is 1. The minimum Gasteiger partial charge on any atom is -0.491 e. The number of para-hydroxylation sites is 2. The molecule has 3 N–H and O–H groups in total. The number of nitrogen functional groups attached to an aromatic ring is 1. The fourth-order valence-corrected chi connectivity index (χ4v) is 1.40. The first-order valence-electron chi connectivity index (χ1n) is 6.57. The van der Waals surface area contributed by atoms with Crippen LogP contribution in [0.15, 0.2) is 24.3 Å². The number of hydrogen-bond acceptors (Lipinski definition) is 3. The molecule has 1 atom stereocenters. The third-order valence-corrected chi connectivity index (χ3v) is 3.18. The Hall–Kier alpha value is -1.71. The smallest absolute Gasteiger partial charge is 0.223 e. The summed E-state index contributed by atoms with van der Waals surface area (Å²) in [7, 11) is 0. The Labute approximate surface area is 115 Å². The van der Waals surface area contributed by atoms with E-state index in [1.54, 1.807) is 12.1 Å². The van der Waals surface area contributed by atoms with Gasteiger partial charge in [0.1, 0.15) is 5.75 Å². The van der Waals surface area contributed by atoms with Crippen LogP contribution in [0.1, 0.15) is 34.1 Å². The van der Waals surface area contributed by atoms with E-state index in [1.807, 2.05) is 19.1 Å². The van der Waals surface area contributed by atoms with Gasteiger partial charge in [0.05, 0.1) is 18.7 Å². The van der Waals surface area contributed by atoms with Gasteiger partial charge >= 0.3 is 0 Å². The Kier molecular flexibility index (Phi) is 5.21. The van der Waals surface area contributed by atoms with Crippen LogP contribution in [0.5, 0.6) is 5.75 Å². The Morgan fingerprint density at radius 3 is 2.58 bits per heavy atom. The van der Waals surface area contributed by atoms with E-state index in [1.165, 1.54) is 0 Å². The molecule has 4 heteroatoms. The number of nitrogens with two attached hydrogens (primary N) is 1. The predicted molar refractivity (Wildman–Crippen MR) is 78.0 cm³/mol. The first-order chi connectivity index (χ1) is 8.80. The number of ether oxygens (including phenoxy) is 1. The monoisotopic (exact) mass is 264 g/mol. The van der Waals surface area contributed by atoms with Crippen molar-refractivity contribution in [3.63, 3.8) is 0 Å². The molecule has 1 unspecified atom stereocenters. The first-order valence-corrected chi connectivity index (χ1v) is 6.57. The molecule has 106 valence electrons. The molecule has 1 aromatic rings. The largest absolute Gasteiger partial charge is 0.491 e. The SMILES string of the molecule is CC(NC(=O)CCOc1ccccc1N)C(C)(C)C. The van der Waals surface area contributed by atoms with Gasteiger partial charge in [-0.25, -0.2) is 0 Å². The van der Waals surface area contributed by atoms with Crippen molar-refractivity contribution in [1.82, 2.24) is 5.32 Å². The van der Waals surface area contributed by atoms with Gasteiger partial charge < -0.3 is 15.8 Å². The zero-order valence-electron chi connectivity index (χ0n) is 12.2. The van der Waals surface area contributed by atoms with Crippen molar-refractivity contribution in [2.24, 2.45) is 5.41 Å². The summed E-state index contributed by atoms with van der Waals surface area (Å²) in [5.41, 5.74) is 6.39. The Balaban J connectivity index is 2.34. The molecule has 0 fully saturated rings. The van der Waals surface area contributed by atoms with Crippen LogP contribution in [0.2, 0.25) is 0 Å². The van der Waals surface area contributed by atoms with Gasteiger partial charge in [0.2, 0.25) is 5.91 Å². The van der Waals surface area contributed by atoms with Gasteiger partial charge in [0.15, 0.2) is 0 Å². The summed E-state index contributed by atoms with van der Waals surface area (Å²) in [6, 6.07) is 7.40. The highest BCUT2D eigenvalue weighted by Crippen LogP contribution is 2.20. The molecule has 1 amide bonds. The molecular formula is C15H24N2O2. The van der Waals surface area contributed by atoms with Crippen molar-refractivity contribution in [2.45, 2.75) is 40.2 Å². The zero-order valence-corrected chi connectivity index (χ0v) is 12.2. The van der Waals surface area contributed by atoms with Gasteiger partial charge in [0.25, 0.3) is 0 Å². The molecule has 0 bridgehead atoms. The summed E-state index contributed by atoms with van der Waals surface area (Å²) >= 11 is 0. The predicted octanol–water partition coefficient (Wildman–Crippen LogP) is 2.59. The van der Waals surface area contributed by atoms with Gasteiger partial charge in [-0.1, -0.05) is 32.9 Å². The van der Waals surface area contributed by atoms with Gasteiger partial charge in [-0.3, -0.25) is 4.79 Å². The molecule has 4 nitrogen and oxygen atoms in total. The van der Waals surface area contributed by atoms with Crippen LogP contribution in [-0.4, -0.2) is 18.6 Å². The maximum Gasteiger partial charge on any atom is 0.223 e. The van der Waals surface area contributed by atoms with Gasteiger partial charge in [-0.2, -0.15) is 0 Å².